The molecule has 0 N–H and O–H groups in total. The maximum absolute atomic E-state index is 13.6. The highest BCUT2D eigenvalue weighted by molar-refractivity contribution is 7.72. The maximum atomic E-state index is 13.6. The predicted octanol–water partition coefficient (Wildman–Crippen LogP) is 9.10. The average Bonchev–Trinajstić information content (AvgIpc) is 2.78. The van der Waals surface area contributed by atoms with Crippen molar-refractivity contribution in [1.29, 1.82) is 0 Å². The summed E-state index contributed by atoms with van der Waals surface area (Å²) in [6, 6.07) is 8.18. The van der Waals surface area contributed by atoms with Crippen LogP contribution in [0.5, 0.6) is 0 Å². The van der Waals surface area contributed by atoms with E-state index in [2.05, 4.69) is 45.1 Å². The van der Waals surface area contributed by atoms with Crippen molar-refractivity contribution in [2.75, 3.05) is 26.4 Å². The van der Waals surface area contributed by atoms with Gasteiger partial charge in [0.05, 0.1) is 26.4 Å². The molecule has 0 aromatic heterocycles. The van der Waals surface area contributed by atoms with Crippen molar-refractivity contribution < 1.29 is 27.2 Å². The van der Waals surface area contributed by atoms with Gasteiger partial charge in [0, 0.05) is 0 Å². The largest absolute Gasteiger partial charge is 0.346 e. The van der Waals surface area contributed by atoms with Gasteiger partial charge in [-0.2, -0.15) is 0 Å². The third-order valence-corrected chi connectivity index (χ3v) is 11.1. The molecule has 0 aliphatic carbocycles. The zero-order valence-electron chi connectivity index (χ0n) is 22.5. The van der Waals surface area contributed by atoms with E-state index in [1.807, 2.05) is 24.3 Å². The van der Waals surface area contributed by atoms with Crippen LogP contribution in [0.4, 0.5) is 0 Å². The van der Waals surface area contributed by atoms with Gasteiger partial charge < -0.3 is 18.1 Å². The van der Waals surface area contributed by atoms with Crippen molar-refractivity contribution in [3.63, 3.8) is 0 Å². The van der Waals surface area contributed by atoms with E-state index in [1.165, 1.54) is 11.1 Å². The number of rotatable bonds is 17. The molecule has 1 aromatic rings. The van der Waals surface area contributed by atoms with Crippen LogP contribution in [-0.2, 0) is 27.2 Å². The molecule has 0 aliphatic heterocycles. The highest BCUT2D eigenvalue weighted by Gasteiger charge is 2.49. The Kier molecular flexibility index (Phi) is 15.0. The zero-order chi connectivity index (χ0) is 26.3. The summed E-state index contributed by atoms with van der Waals surface area (Å²) >= 11 is 0. The molecule has 198 valence electrons. The molecule has 0 saturated heterocycles. The number of hydrogen-bond donors (Lipinski definition) is 0. The molecule has 6 nitrogen and oxygen atoms in total. The Morgan fingerprint density at radius 3 is 1.69 bits per heavy atom. The van der Waals surface area contributed by atoms with E-state index >= 15 is 0 Å². The molecule has 1 aromatic carbocycles. The molecule has 0 unspecified atom stereocenters. The molecule has 35 heavy (non-hydrogen) atoms. The summed E-state index contributed by atoms with van der Waals surface area (Å²) < 4.78 is 49.3. The third kappa shape index (κ3) is 11.1. The van der Waals surface area contributed by atoms with Gasteiger partial charge in [0.1, 0.15) is 0 Å². The first-order valence-electron chi connectivity index (χ1n) is 12.5. The van der Waals surface area contributed by atoms with Gasteiger partial charge in [-0.15, -0.1) is 0 Å². The lowest BCUT2D eigenvalue weighted by molar-refractivity contribution is 0.195. The summed E-state index contributed by atoms with van der Waals surface area (Å²) in [4.78, 5) is 0. The molecule has 0 spiro atoms. The van der Waals surface area contributed by atoms with Gasteiger partial charge in [-0.25, -0.2) is 0 Å². The first-order valence-corrected chi connectivity index (χ1v) is 15.7. The van der Waals surface area contributed by atoms with Gasteiger partial charge in [-0.1, -0.05) is 59.7 Å². The molecular weight excluding hydrogens is 482 g/mol. The van der Waals surface area contributed by atoms with Crippen molar-refractivity contribution in [1.82, 2.24) is 0 Å². The van der Waals surface area contributed by atoms with Crippen molar-refractivity contribution in [2.24, 2.45) is 0 Å². The van der Waals surface area contributed by atoms with Gasteiger partial charge in [-0.05, 0) is 78.9 Å². The van der Waals surface area contributed by atoms with Crippen molar-refractivity contribution in [3.05, 3.63) is 58.7 Å². The standard InChI is InChI=1S/C27H44O6P2/c1-8-30-34(28,31-9-2)27(35(29,32-10-3)33-11-4)17-13-16-25-18-20-26(21-19-25)22-24(7)15-12-14-23(5)6/h13-14,16,18-22,27H,8-12,15,17H2,1-7H3/b16-13+,24-22+. The Morgan fingerprint density at radius 1 is 0.800 bits per heavy atom. The topological polar surface area (TPSA) is 71.1 Å². The summed E-state index contributed by atoms with van der Waals surface area (Å²) in [5.41, 5.74) is 4.80. The van der Waals surface area contributed by atoms with Crippen LogP contribution in [0.2, 0.25) is 0 Å². The number of allylic oxidation sites excluding steroid dienone is 4. The van der Waals surface area contributed by atoms with Crippen LogP contribution in [0.3, 0.4) is 0 Å². The van der Waals surface area contributed by atoms with Crippen molar-refractivity contribution >= 4 is 27.3 Å². The molecule has 1 rings (SSSR count). The van der Waals surface area contributed by atoms with Crippen LogP contribution >= 0.6 is 15.2 Å². The minimum atomic E-state index is -3.75. The van der Waals surface area contributed by atoms with E-state index in [9.17, 15) is 9.13 Å². The Morgan fingerprint density at radius 2 is 1.26 bits per heavy atom. The third-order valence-electron chi connectivity index (χ3n) is 5.06. The maximum Gasteiger partial charge on any atom is 0.346 e. The zero-order valence-corrected chi connectivity index (χ0v) is 24.3. The summed E-state index contributed by atoms with van der Waals surface area (Å²) in [6.07, 6.45) is 10.4. The van der Waals surface area contributed by atoms with Crippen LogP contribution in [0.1, 0.15) is 78.9 Å². The van der Waals surface area contributed by atoms with E-state index in [-0.39, 0.29) is 32.8 Å². The highest BCUT2D eigenvalue weighted by atomic mass is 31.2. The molecule has 8 heteroatoms. The van der Waals surface area contributed by atoms with Gasteiger partial charge >= 0.3 is 15.2 Å². The Labute approximate surface area is 212 Å². The highest BCUT2D eigenvalue weighted by Crippen LogP contribution is 2.71. The van der Waals surface area contributed by atoms with Crippen LogP contribution in [0, 0.1) is 0 Å². The van der Waals surface area contributed by atoms with Crippen molar-refractivity contribution in [3.8, 4) is 0 Å². The van der Waals surface area contributed by atoms with Gasteiger partial charge in [0.25, 0.3) is 0 Å². The SMILES string of the molecule is CCOP(=O)(OCC)C(C/C=C/c1ccc(/C=C(\C)CCC=C(C)C)cc1)P(=O)(OCC)OCC. The lowest BCUT2D eigenvalue weighted by atomic mass is 10.1. The first kappa shape index (κ1) is 31.8. The molecule has 0 aliphatic rings. The van der Waals surface area contributed by atoms with Gasteiger partial charge in [-0.3, -0.25) is 9.13 Å². The van der Waals surface area contributed by atoms with Crippen molar-refractivity contribution in [2.45, 2.75) is 73.1 Å². The lowest BCUT2D eigenvalue weighted by Crippen LogP contribution is -2.17. The van der Waals surface area contributed by atoms with E-state index in [4.69, 9.17) is 18.1 Å². The second-order valence-corrected chi connectivity index (χ2v) is 13.2. The van der Waals surface area contributed by atoms with E-state index < -0.39 is 20.6 Å². The minimum absolute atomic E-state index is 0.165. The summed E-state index contributed by atoms with van der Waals surface area (Å²) in [5, 5.41) is -1.04. The van der Waals surface area contributed by atoms with Crippen LogP contribution in [-0.4, -0.2) is 31.8 Å². The Hall–Kier alpha value is -1.26. The second-order valence-electron chi connectivity index (χ2n) is 8.35. The molecular formula is C27H44O6P2. The minimum Gasteiger partial charge on any atom is -0.308 e. The quantitative estimate of drug-likeness (QED) is 0.149. The molecule has 0 heterocycles. The normalized spacial score (nSPS) is 13.1. The Bertz CT molecular complexity index is 879. The fraction of sp³-hybridized carbons (Fsp3) is 0.556. The second kappa shape index (κ2) is 16.5. The van der Waals surface area contributed by atoms with Gasteiger partial charge in [0.15, 0.2) is 5.40 Å². The van der Waals surface area contributed by atoms with Crippen LogP contribution in [0.25, 0.3) is 12.2 Å². The molecule has 0 radical (unpaired) electrons. The van der Waals surface area contributed by atoms with E-state index in [0.29, 0.717) is 0 Å². The van der Waals surface area contributed by atoms with Gasteiger partial charge in [0.2, 0.25) is 0 Å². The number of hydrogen-bond acceptors (Lipinski definition) is 6. The smallest absolute Gasteiger partial charge is 0.308 e. The molecule has 0 fully saturated rings. The lowest BCUT2D eigenvalue weighted by Gasteiger charge is -2.30. The van der Waals surface area contributed by atoms with E-state index in [0.717, 1.165) is 24.0 Å². The molecule has 0 bridgehead atoms. The summed E-state index contributed by atoms with van der Waals surface area (Å²) in [5.74, 6) is 0. The van der Waals surface area contributed by atoms with Crippen LogP contribution < -0.4 is 0 Å². The summed E-state index contributed by atoms with van der Waals surface area (Å²) in [6.45, 7) is 14.0. The molecule has 0 atom stereocenters. The fourth-order valence-corrected chi connectivity index (χ4v) is 8.77. The monoisotopic (exact) mass is 526 g/mol. The predicted molar refractivity (Wildman–Crippen MR) is 148 cm³/mol. The number of benzene rings is 1. The fourth-order valence-electron chi connectivity index (χ4n) is 3.54. The van der Waals surface area contributed by atoms with Crippen LogP contribution in [0.15, 0.2) is 47.6 Å². The van der Waals surface area contributed by atoms with E-state index in [1.54, 1.807) is 27.7 Å². The Balaban J connectivity index is 3.07. The summed E-state index contributed by atoms with van der Waals surface area (Å²) in [7, 11) is -7.49. The average molecular weight is 527 g/mol. The first-order chi connectivity index (χ1) is 16.6. The molecule has 0 saturated carbocycles. The molecule has 0 amide bonds.